The van der Waals surface area contributed by atoms with E-state index < -0.39 is 24.3 Å². The molecule has 1 aliphatic carbocycles. The van der Waals surface area contributed by atoms with Gasteiger partial charge in [0.1, 0.15) is 0 Å². The molecule has 1 N–H and O–H groups in total. The predicted molar refractivity (Wildman–Crippen MR) is 152 cm³/mol. The summed E-state index contributed by atoms with van der Waals surface area (Å²) in [6.07, 6.45) is 2.22. The van der Waals surface area contributed by atoms with Crippen molar-refractivity contribution >= 4 is 36.4 Å². The third-order valence-electron chi connectivity index (χ3n) is 6.36. The summed E-state index contributed by atoms with van der Waals surface area (Å²) in [5.74, 6) is -1.55. The number of carbonyl (C=O) groups excluding carboxylic acids is 4. The SMILES string of the molecule is CC(OC(=O)NCCc1ccc(OC(=O)c2ccccc2)c(OC(=O)c2ccccc2)c1)OC(=O)C1CCCC1.Cl. The fourth-order valence-corrected chi connectivity index (χ4v) is 4.28. The van der Waals surface area contributed by atoms with E-state index in [4.69, 9.17) is 18.9 Å². The highest BCUT2D eigenvalue weighted by atomic mass is 35.5. The molecule has 3 aromatic carbocycles. The monoisotopic (exact) mass is 581 g/mol. The van der Waals surface area contributed by atoms with Crippen molar-refractivity contribution in [3.8, 4) is 11.5 Å². The first-order chi connectivity index (χ1) is 19.4. The molecule has 3 aromatic rings. The first-order valence-electron chi connectivity index (χ1n) is 13.2. The second-order valence-corrected chi connectivity index (χ2v) is 9.36. The highest BCUT2D eigenvalue weighted by molar-refractivity contribution is 5.93. The molecular formula is C31H32ClNO8. The van der Waals surface area contributed by atoms with Gasteiger partial charge in [0.15, 0.2) is 11.5 Å². The van der Waals surface area contributed by atoms with Gasteiger partial charge in [0.2, 0.25) is 6.29 Å². The van der Waals surface area contributed by atoms with E-state index in [0.29, 0.717) is 23.1 Å². The quantitative estimate of drug-likeness (QED) is 0.179. The Hall–Kier alpha value is -4.37. The van der Waals surface area contributed by atoms with Gasteiger partial charge in [0, 0.05) is 13.5 Å². The molecule has 1 saturated carbocycles. The minimum Gasteiger partial charge on any atom is -0.425 e. The Kier molecular flexibility index (Phi) is 11.7. The summed E-state index contributed by atoms with van der Waals surface area (Å²) >= 11 is 0. The molecule has 216 valence electrons. The third-order valence-corrected chi connectivity index (χ3v) is 6.36. The molecule has 4 rings (SSSR count). The largest absolute Gasteiger partial charge is 0.425 e. The second-order valence-electron chi connectivity index (χ2n) is 9.36. The van der Waals surface area contributed by atoms with E-state index in [9.17, 15) is 19.2 Å². The molecule has 0 aliphatic heterocycles. The molecule has 1 fully saturated rings. The van der Waals surface area contributed by atoms with Crippen molar-refractivity contribution in [2.45, 2.75) is 45.3 Å². The summed E-state index contributed by atoms with van der Waals surface area (Å²) in [6.45, 7) is 1.69. The summed E-state index contributed by atoms with van der Waals surface area (Å²) < 4.78 is 21.5. The number of halogens is 1. The average molecular weight is 582 g/mol. The molecule has 1 aliphatic rings. The minimum atomic E-state index is -1.00. The van der Waals surface area contributed by atoms with Crippen LogP contribution in [0.5, 0.6) is 11.5 Å². The normalized spacial score (nSPS) is 13.3. The van der Waals surface area contributed by atoms with Gasteiger partial charge in [0.25, 0.3) is 0 Å². The van der Waals surface area contributed by atoms with E-state index in [2.05, 4.69) is 5.32 Å². The van der Waals surface area contributed by atoms with E-state index >= 15 is 0 Å². The van der Waals surface area contributed by atoms with Gasteiger partial charge in [-0.15, -0.1) is 12.4 Å². The third kappa shape index (κ3) is 9.36. The number of hydrogen-bond acceptors (Lipinski definition) is 8. The minimum absolute atomic E-state index is 0. The molecule has 10 heteroatoms. The standard InChI is InChI=1S/C31H31NO8.ClH/c1-21(37-28(33)23-14-8-9-15-23)38-31(36)32-19-18-22-16-17-26(39-29(34)24-10-4-2-5-11-24)27(20-22)40-30(35)25-12-6-3-7-13-25;/h2-7,10-13,16-17,20-21,23H,8-9,14-15,18-19H2,1H3,(H,32,36);1H. The van der Waals surface area contributed by atoms with E-state index in [0.717, 1.165) is 25.7 Å². The lowest BCUT2D eigenvalue weighted by Gasteiger charge is -2.17. The summed E-state index contributed by atoms with van der Waals surface area (Å²) in [5, 5.41) is 2.61. The maximum Gasteiger partial charge on any atom is 0.410 e. The number of amides is 1. The van der Waals surface area contributed by atoms with Gasteiger partial charge in [-0.25, -0.2) is 14.4 Å². The lowest BCUT2D eigenvalue weighted by molar-refractivity contribution is -0.169. The Bertz CT molecular complexity index is 1330. The van der Waals surface area contributed by atoms with Crippen LogP contribution in [0.3, 0.4) is 0 Å². The number of ether oxygens (including phenoxy) is 4. The fourth-order valence-electron chi connectivity index (χ4n) is 4.28. The van der Waals surface area contributed by atoms with Crippen molar-refractivity contribution < 1.29 is 38.1 Å². The van der Waals surface area contributed by atoms with Crippen LogP contribution in [-0.2, 0) is 20.7 Å². The van der Waals surface area contributed by atoms with Crippen molar-refractivity contribution in [1.82, 2.24) is 5.32 Å². The Labute approximate surface area is 244 Å². The second kappa shape index (κ2) is 15.4. The molecule has 1 unspecified atom stereocenters. The first-order valence-corrected chi connectivity index (χ1v) is 13.2. The van der Waals surface area contributed by atoms with E-state index in [1.807, 2.05) is 0 Å². The number of nitrogens with one attached hydrogen (secondary N) is 1. The summed E-state index contributed by atoms with van der Waals surface area (Å²) in [7, 11) is 0. The van der Waals surface area contributed by atoms with Crippen LogP contribution in [-0.4, -0.2) is 36.8 Å². The van der Waals surface area contributed by atoms with Crippen molar-refractivity contribution in [2.75, 3.05) is 6.54 Å². The molecule has 0 saturated heterocycles. The zero-order valence-electron chi connectivity index (χ0n) is 22.6. The van der Waals surface area contributed by atoms with Crippen molar-refractivity contribution in [3.63, 3.8) is 0 Å². The number of alkyl carbamates (subject to hydrolysis) is 1. The van der Waals surface area contributed by atoms with Crippen LogP contribution < -0.4 is 14.8 Å². The Morgan fingerprint density at radius 1 is 0.780 bits per heavy atom. The summed E-state index contributed by atoms with van der Waals surface area (Å²) in [6, 6.07) is 21.7. The van der Waals surface area contributed by atoms with Crippen LogP contribution in [0.1, 0.15) is 58.9 Å². The molecule has 0 radical (unpaired) electrons. The number of rotatable bonds is 10. The number of esters is 3. The number of benzene rings is 3. The van der Waals surface area contributed by atoms with E-state index in [-0.39, 0.29) is 42.3 Å². The van der Waals surface area contributed by atoms with Gasteiger partial charge in [-0.05, 0) is 61.2 Å². The van der Waals surface area contributed by atoms with E-state index in [1.165, 1.54) is 13.0 Å². The lowest BCUT2D eigenvalue weighted by Crippen LogP contribution is -2.32. The smallest absolute Gasteiger partial charge is 0.410 e. The maximum absolute atomic E-state index is 12.7. The van der Waals surface area contributed by atoms with Gasteiger partial charge < -0.3 is 24.3 Å². The Morgan fingerprint density at radius 3 is 1.93 bits per heavy atom. The van der Waals surface area contributed by atoms with Gasteiger partial charge in [-0.1, -0.05) is 55.3 Å². The van der Waals surface area contributed by atoms with Gasteiger partial charge >= 0.3 is 24.0 Å². The predicted octanol–water partition coefficient (Wildman–Crippen LogP) is 5.89. The summed E-state index contributed by atoms with van der Waals surface area (Å²) in [5.41, 5.74) is 1.38. The van der Waals surface area contributed by atoms with Crippen LogP contribution in [0.2, 0.25) is 0 Å². The molecule has 0 spiro atoms. The first kappa shape index (κ1) is 31.2. The molecule has 0 aromatic heterocycles. The maximum atomic E-state index is 12.7. The van der Waals surface area contributed by atoms with Crippen LogP contribution in [0.15, 0.2) is 78.9 Å². The van der Waals surface area contributed by atoms with Crippen LogP contribution in [0.25, 0.3) is 0 Å². The average Bonchev–Trinajstić information content (AvgIpc) is 3.51. The number of carbonyl (C=O) groups is 4. The van der Waals surface area contributed by atoms with Crippen molar-refractivity contribution in [1.29, 1.82) is 0 Å². The van der Waals surface area contributed by atoms with Crippen molar-refractivity contribution in [3.05, 3.63) is 95.6 Å². The molecular weight excluding hydrogens is 550 g/mol. The lowest BCUT2D eigenvalue weighted by atomic mass is 10.1. The topological polar surface area (TPSA) is 117 Å². The highest BCUT2D eigenvalue weighted by Crippen LogP contribution is 2.30. The summed E-state index contributed by atoms with van der Waals surface area (Å²) in [4.78, 5) is 49.6. The molecule has 9 nitrogen and oxygen atoms in total. The molecule has 0 heterocycles. The Morgan fingerprint density at radius 2 is 1.34 bits per heavy atom. The van der Waals surface area contributed by atoms with Crippen LogP contribution in [0.4, 0.5) is 4.79 Å². The van der Waals surface area contributed by atoms with Gasteiger partial charge in [-0.3, -0.25) is 4.79 Å². The molecule has 41 heavy (non-hydrogen) atoms. The van der Waals surface area contributed by atoms with Crippen molar-refractivity contribution in [2.24, 2.45) is 5.92 Å². The van der Waals surface area contributed by atoms with Gasteiger partial charge in [0.05, 0.1) is 17.0 Å². The molecule has 0 bridgehead atoms. The van der Waals surface area contributed by atoms with Crippen LogP contribution >= 0.6 is 12.4 Å². The number of hydrogen-bond donors (Lipinski definition) is 1. The fraction of sp³-hybridized carbons (Fsp3) is 0.290. The van der Waals surface area contributed by atoms with E-state index in [1.54, 1.807) is 72.8 Å². The molecule has 1 amide bonds. The zero-order valence-corrected chi connectivity index (χ0v) is 23.4. The Balaban J connectivity index is 0.00000462. The van der Waals surface area contributed by atoms with Gasteiger partial charge in [-0.2, -0.15) is 0 Å². The highest BCUT2D eigenvalue weighted by Gasteiger charge is 2.26. The zero-order chi connectivity index (χ0) is 28.3. The molecule has 1 atom stereocenters. The van der Waals surface area contributed by atoms with Crippen LogP contribution in [0, 0.1) is 5.92 Å².